The summed E-state index contributed by atoms with van der Waals surface area (Å²) >= 11 is 24.3. The van der Waals surface area contributed by atoms with Crippen LogP contribution in [0.5, 0.6) is 0 Å². The van der Waals surface area contributed by atoms with Crippen LogP contribution in [-0.4, -0.2) is 106 Å². The van der Waals surface area contributed by atoms with Crippen LogP contribution >= 0.6 is 46.4 Å². The molecule has 18 nitrogen and oxygen atoms in total. The van der Waals surface area contributed by atoms with Crippen LogP contribution in [0, 0.1) is 0 Å². The summed E-state index contributed by atoms with van der Waals surface area (Å²) in [5.74, 6) is -2.74. The average molecular weight is 1320 g/mol. The first kappa shape index (κ1) is 70.3. The summed E-state index contributed by atoms with van der Waals surface area (Å²) in [5.41, 5.74) is 10.7. The molecule has 0 unspecified atom stereocenters. The van der Waals surface area contributed by atoms with Gasteiger partial charge < -0.3 is 46.9 Å². The molecule has 0 aliphatic carbocycles. The predicted octanol–water partition coefficient (Wildman–Crippen LogP) is 11.9. The molecule has 2 aliphatic heterocycles. The number of Topliss-reactive ketones (excluding diaryl/α,β-unsaturated/α-hetero) is 2. The molecule has 480 valence electrons. The van der Waals surface area contributed by atoms with E-state index in [1.165, 1.54) is 21.9 Å². The van der Waals surface area contributed by atoms with E-state index in [0.29, 0.717) is 89.2 Å². The van der Waals surface area contributed by atoms with Gasteiger partial charge in [0.2, 0.25) is 35.4 Å². The van der Waals surface area contributed by atoms with Crippen LogP contribution in [0.3, 0.4) is 0 Å². The van der Waals surface area contributed by atoms with E-state index in [-0.39, 0.29) is 80.0 Å². The van der Waals surface area contributed by atoms with E-state index in [1.54, 1.807) is 93.6 Å². The molecular weight excluding hydrogens is 1240 g/mol. The zero-order chi connectivity index (χ0) is 65.6. The number of hydrogen-bond acceptors (Lipinski definition) is 11. The molecule has 8 rings (SSSR count). The predicted molar refractivity (Wildman–Crippen MR) is 354 cm³/mol. The molecule has 0 saturated heterocycles. The van der Waals surface area contributed by atoms with E-state index in [2.05, 4.69) is 26.6 Å². The van der Waals surface area contributed by atoms with Crippen molar-refractivity contribution < 1.29 is 47.9 Å². The quantitative estimate of drug-likeness (QED) is 0.0232. The Morgan fingerprint density at radius 3 is 1.30 bits per heavy atom. The highest BCUT2D eigenvalue weighted by Gasteiger charge is 2.38. The molecule has 6 aromatic carbocycles. The number of rotatable bonds is 25. The fourth-order valence-electron chi connectivity index (χ4n) is 10.5. The number of halogens is 4. The van der Waals surface area contributed by atoms with Gasteiger partial charge in [0.15, 0.2) is 11.6 Å². The molecule has 22 heteroatoms. The third kappa shape index (κ3) is 21.5. The Morgan fingerprint density at radius 2 is 0.901 bits per heavy atom. The van der Waals surface area contributed by atoms with Crippen LogP contribution < -0.4 is 32.3 Å². The van der Waals surface area contributed by atoms with Crippen molar-refractivity contribution in [1.29, 1.82) is 0 Å². The Kier molecular flexibility index (Phi) is 26.5. The minimum absolute atomic E-state index is 0.00134. The average Bonchev–Trinajstić information content (AvgIpc) is 2.95. The molecule has 91 heavy (non-hydrogen) atoms. The zero-order valence-corrected chi connectivity index (χ0v) is 54.1. The summed E-state index contributed by atoms with van der Waals surface area (Å²) in [7, 11) is 0. The maximum atomic E-state index is 14.0. The lowest BCUT2D eigenvalue weighted by Crippen LogP contribution is -2.56. The smallest absolute Gasteiger partial charge is 0.407 e. The van der Waals surface area contributed by atoms with Gasteiger partial charge in [-0.05, 0) is 124 Å². The molecule has 0 saturated carbocycles. The van der Waals surface area contributed by atoms with E-state index in [0.717, 1.165) is 22.3 Å². The molecule has 0 radical (unpaired) electrons. The van der Waals surface area contributed by atoms with Crippen molar-refractivity contribution in [2.24, 2.45) is 5.73 Å². The second-order valence-electron chi connectivity index (χ2n) is 23.2. The number of ether oxygens (including phenoxy) is 1. The number of amides is 7. The maximum Gasteiger partial charge on any atom is 0.407 e. The van der Waals surface area contributed by atoms with Gasteiger partial charge in [-0.25, -0.2) is 4.79 Å². The lowest BCUT2D eigenvalue weighted by atomic mass is 9.92. The lowest BCUT2D eigenvalue weighted by Gasteiger charge is -2.37. The normalized spacial score (nSPS) is 14.8. The molecular formula is C69H76Cl4N8O10. The minimum Gasteiger partial charge on any atom is -0.444 e. The van der Waals surface area contributed by atoms with Crippen LogP contribution in [0.25, 0.3) is 0 Å². The lowest BCUT2D eigenvalue weighted by molar-refractivity contribution is -0.142. The van der Waals surface area contributed by atoms with Gasteiger partial charge in [0.25, 0.3) is 0 Å². The van der Waals surface area contributed by atoms with Crippen LogP contribution in [0.4, 0.5) is 16.2 Å². The van der Waals surface area contributed by atoms with Gasteiger partial charge in [-0.2, -0.15) is 0 Å². The van der Waals surface area contributed by atoms with Gasteiger partial charge >= 0.3 is 6.09 Å². The molecule has 0 bridgehead atoms. The van der Waals surface area contributed by atoms with Crippen molar-refractivity contribution >= 4 is 111 Å². The summed E-state index contributed by atoms with van der Waals surface area (Å²) in [6.45, 7) is 6.53. The Balaban J connectivity index is 0.000000261. The molecule has 0 fully saturated rings. The Bertz CT molecular complexity index is 3550. The minimum atomic E-state index is -0.975. The number of anilines is 2. The van der Waals surface area contributed by atoms with Crippen molar-refractivity contribution in [2.45, 2.75) is 141 Å². The van der Waals surface area contributed by atoms with Crippen LogP contribution in [0.15, 0.2) is 146 Å². The molecule has 7 N–H and O–H groups in total. The first-order valence-corrected chi connectivity index (χ1v) is 31.8. The Labute approximate surface area is 550 Å². The molecule has 2 aliphatic rings. The van der Waals surface area contributed by atoms with E-state index >= 15 is 0 Å². The molecule has 2 heterocycles. The van der Waals surface area contributed by atoms with Gasteiger partial charge in [-0.1, -0.05) is 156 Å². The number of ketones is 2. The topological polar surface area (TPSA) is 256 Å². The number of nitrogens with one attached hydrogen (secondary N) is 5. The summed E-state index contributed by atoms with van der Waals surface area (Å²) in [6.07, 6.45) is 2.85. The van der Waals surface area contributed by atoms with Crippen molar-refractivity contribution in [3.63, 3.8) is 0 Å². The third-order valence-corrected chi connectivity index (χ3v) is 16.7. The molecule has 7 amide bonds. The number of unbranched alkanes of at least 4 members (excludes halogenated alkanes) is 2. The van der Waals surface area contributed by atoms with Gasteiger partial charge in [-0.15, -0.1) is 0 Å². The number of alkyl carbamates (subject to hydrolysis) is 1. The van der Waals surface area contributed by atoms with E-state index in [4.69, 9.17) is 56.9 Å². The van der Waals surface area contributed by atoms with E-state index in [9.17, 15) is 43.2 Å². The number of fused-ring (bicyclic) bond motifs is 2. The van der Waals surface area contributed by atoms with Crippen molar-refractivity contribution in [3.8, 4) is 0 Å². The first-order valence-electron chi connectivity index (χ1n) is 30.3. The third-order valence-electron chi connectivity index (χ3n) is 15.2. The van der Waals surface area contributed by atoms with Crippen molar-refractivity contribution in [2.75, 3.05) is 23.7 Å². The Hall–Kier alpha value is -8.13. The SMILES string of the molecule is CC(C)(C)OC(=O)NCCCC[C@H](NC(=O)[C@@H]1Cc2ccccc2CN1C(=O)CCC(=O)c1ccccc1)C(=O)Nc1ccc(Cl)c(Cl)c1.NCCCC[C@H](NC(=O)[C@@H]1Cc2ccccc2CN1C(=O)CCC(=O)c1ccccc1)C(=O)Nc1ccc(Cl)c(Cl)c1. The van der Waals surface area contributed by atoms with E-state index < -0.39 is 59.5 Å². The summed E-state index contributed by atoms with van der Waals surface area (Å²) < 4.78 is 5.27. The van der Waals surface area contributed by atoms with Crippen LogP contribution in [-0.2, 0) is 59.4 Å². The zero-order valence-electron chi connectivity index (χ0n) is 51.0. The van der Waals surface area contributed by atoms with E-state index in [1.807, 2.05) is 60.7 Å². The molecule has 0 spiro atoms. The highest BCUT2D eigenvalue weighted by Crippen LogP contribution is 2.30. The highest BCUT2D eigenvalue weighted by molar-refractivity contribution is 6.42. The van der Waals surface area contributed by atoms with Crippen LogP contribution in [0.1, 0.15) is 128 Å². The fourth-order valence-corrected chi connectivity index (χ4v) is 11.1. The number of hydrogen-bond donors (Lipinski definition) is 6. The number of carbonyl (C=O) groups is 9. The summed E-state index contributed by atoms with van der Waals surface area (Å²) in [5, 5.41) is 15.3. The Morgan fingerprint density at radius 1 is 0.505 bits per heavy atom. The monoisotopic (exact) mass is 1320 g/mol. The van der Waals surface area contributed by atoms with Gasteiger partial charge in [0.05, 0.1) is 20.1 Å². The molecule has 4 atom stereocenters. The molecule has 0 aromatic heterocycles. The first-order chi connectivity index (χ1) is 43.6. The second-order valence-corrected chi connectivity index (χ2v) is 24.8. The summed E-state index contributed by atoms with van der Waals surface area (Å²) in [6, 6.07) is 38.6. The van der Waals surface area contributed by atoms with Gasteiger partial charge in [0, 0.05) is 80.7 Å². The van der Waals surface area contributed by atoms with Crippen LogP contribution in [0.2, 0.25) is 20.1 Å². The van der Waals surface area contributed by atoms with Gasteiger partial charge in [0.1, 0.15) is 29.8 Å². The molecule has 6 aromatic rings. The number of benzene rings is 6. The number of nitrogens with zero attached hydrogens (tertiary/aromatic N) is 2. The fraction of sp³-hybridized carbons (Fsp3) is 0.348. The van der Waals surface area contributed by atoms with Gasteiger partial charge in [-0.3, -0.25) is 38.4 Å². The maximum absolute atomic E-state index is 14.0. The van der Waals surface area contributed by atoms with Crippen molar-refractivity contribution in [1.82, 2.24) is 25.8 Å². The summed E-state index contributed by atoms with van der Waals surface area (Å²) in [4.78, 5) is 122. The van der Waals surface area contributed by atoms with Crippen molar-refractivity contribution in [3.05, 3.63) is 199 Å². The highest BCUT2D eigenvalue weighted by atomic mass is 35.5. The number of nitrogens with two attached hydrogens (primary N) is 1. The second kappa shape index (κ2) is 34.3. The standard InChI is InChI=1S/C37H42Cl2N4O6.C32H34Cl2N4O4/c1-37(2,3)49-36(48)40-20-10-9-15-30(34(46)41-27-16-17-28(38)29(39)22-27)42-35(47)31-21-25-13-7-8-14-26(25)23-43(31)33(45)19-18-32(44)24-11-5-4-6-12-24;33-25-14-13-24(19-26(25)34)36-31(41)27(12-6-7-17-35)37-32(42)28-18-22-10-4-5-11-23(22)20-38(28)30(40)16-15-29(39)21-8-2-1-3-9-21/h4-8,11-14,16-17,22,30-31H,9-10,15,18-21,23H2,1-3H3,(H,40,48)(H,41,46)(H,42,47);1-5,8-11,13-14,19,27-28H,6-7,12,15-18,20,35H2,(H,36,41)(H,37,42)/t30-,31-;27-,28-/m00/s1. The largest absolute Gasteiger partial charge is 0.444 e. The number of carbonyl (C=O) groups excluding carboxylic acids is 9.